The number of amides is 3. The van der Waals surface area contributed by atoms with Gasteiger partial charge in [0.15, 0.2) is 5.96 Å². The number of carbonyl (C=O) groups excluding carboxylic acids is 4. The van der Waals surface area contributed by atoms with Crippen LogP contribution in [0.3, 0.4) is 0 Å². The second kappa shape index (κ2) is 15.3. The van der Waals surface area contributed by atoms with Crippen LogP contribution in [0.5, 0.6) is 0 Å². The number of aliphatic imine (C=N–C) groups is 1. The summed E-state index contributed by atoms with van der Waals surface area (Å²) in [5.41, 5.74) is 10.5. The van der Waals surface area contributed by atoms with Gasteiger partial charge in [0.1, 0.15) is 24.2 Å². The van der Waals surface area contributed by atoms with Crippen LogP contribution in [0.1, 0.15) is 58.8 Å². The monoisotopic (exact) mass is 494 g/mol. The van der Waals surface area contributed by atoms with E-state index >= 15 is 0 Å². The molecule has 0 spiro atoms. The van der Waals surface area contributed by atoms with E-state index in [1.807, 2.05) is 13.8 Å². The number of nitrogens with two attached hydrogens (primary N) is 3. The van der Waals surface area contributed by atoms with Gasteiger partial charge in [-0.2, -0.15) is 0 Å². The first-order valence-electron chi connectivity index (χ1n) is 11.7. The molecule has 1 heterocycles. The molecule has 1 fully saturated rings. The summed E-state index contributed by atoms with van der Waals surface area (Å²) in [4.78, 5) is 55.3. The Bertz CT molecular complexity index is 810. The molecule has 196 valence electrons. The van der Waals surface area contributed by atoms with Crippen LogP contribution in [0.2, 0.25) is 0 Å². The first-order chi connectivity index (χ1) is 16.6. The van der Waals surface area contributed by atoms with E-state index in [1.54, 1.807) is 0 Å². The van der Waals surface area contributed by atoms with Crippen molar-refractivity contribution in [3.63, 3.8) is 0 Å². The third-order valence-electron chi connectivity index (χ3n) is 5.46. The number of nitrogens with one attached hydrogen (secondary N) is 3. The van der Waals surface area contributed by atoms with Crippen molar-refractivity contribution in [3.05, 3.63) is 0 Å². The predicted octanol–water partition coefficient (Wildman–Crippen LogP) is -0.671. The highest BCUT2D eigenvalue weighted by Gasteiger charge is 2.38. The van der Waals surface area contributed by atoms with E-state index in [-0.39, 0.29) is 30.5 Å². The largest absolute Gasteiger partial charge is 0.370 e. The number of aldehydes is 1. The van der Waals surface area contributed by atoms with E-state index in [4.69, 9.17) is 22.7 Å². The fourth-order valence-electron chi connectivity index (χ4n) is 3.67. The third kappa shape index (κ3) is 10.9. The van der Waals surface area contributed by atoms with Crippen LogP contribution in [-0.2, 0) is 19.2 Å². The number of hydrogen-bond acceptors (Lipinski definition) is 7. The number of amidine groups is 1. The summed E-state index contributed by atoms with van der Waals surface area (Å²) in [6.07, 6.45) is 3.07. The van der Waals surface area contributed by atoms with Gasteiger partial charge >= 0.3 is 0 Å². The minimum atomic E-state index is -1.09. The summed E-state index contributed by atoms with van der Waals surface area (Å²) in [5.74, 6) is 3.66. The van der Waals surface area contributed by atoms with E-state index in [0.717, 1.165) is 0 Å². The molecule has 35 heavy (non-hydrogen) atoms. The maximum Gasteiger partial charge on any atom is 0.246 e. The lowest BCUT2D eigenvalue weighted by Gasteiger charge is -2.29. The summed E-state index contributed by atoms with van der Waals surface area (Å²) in [7, 11) is 0. The molecule has 1 unspecified atom stereocenters. The molecule has 3 atom stereocenters. The third-order valence-corrected chi connectivity index (χ3v) is 5.46. The van der Waals surface area contributed by atoms with Gasteiger partial charge < -0.3 is 37.6 Å². The highest BCUT2D eigenvalue weighted by Crippen LogP contribution is 2.20. The first-order valence-corrected chi connectivity index (χ1v) is 11.7. The van der Waals surface area contributed by atoms with Gasteiger partial charge in [0, 0.05) is 25.9 Å². The maximum absolute atomic E-state index is 13.3. The molecular weight excluding hydrogens is 456 g/mol. The number of hydrogen-bond donors (Lipinski definition) is 6. The molecule has 1 saturated heterocycles. The number of carbonyl (C=O) groups is 4. The average Bonchev–Trinajstić information content (AvgIpc) is 3.28. The van der Waals surface area contributed by atoms with Gasteiger partial charge in [-0.05, 0) is 38.0 Å². The Kier molecular flexibility index (Phi) is 12.9. The van der Waals surface area contributed by atoms with Crippen molar-refractivity contribution in [2.45, 2.75) is 76.9 Å². The minimum Gasteiger partial charge on any atom is -0.370 e. The molecule has 1 aliphatic rings. The zero-order valence-electron chi connectivity index (χ0n) is 20.4. The molecule has 0 saturated carbocycles. The summed E-state index contributed by atoms with van der Waals surface area (Å²) in [6.45, 7) is 4.58. The van der Waals surface area contributed by atoms with E-state index in [9.17, 15) is 19.2 Å². The van der Waals surface area contributed by atoms with E-state index in [1.165, 1.54) is 4.90 Å². The summed E-state index contributed by atoms with van der Waals surface area (Å²) >= 11 is 0. The zero-order chi connectivity index (χ0) is 26.4. The molecule has 0 aliphatic carbocycles. The quantitative estimate of drug-likeness (QED) is 0.0346. The lowest BCUT2D eigenvalue weighted by molar-refractivity contribution is -0.141. The Labute approximate surface area is 205 Å². The van der Waals surface area contributed by atoms with Crippen LogP contribution >= 0.6 is 0 Å². The predicted molar refractivity (Wildman–Crippen MR) is 130 cm³/mol. The van der Waals surface area contributed by atoms with Gasteiger partial charge in [-0.3, -0.25) is 24.8 Å². The Morgan fingerprint density at radius 3 is 2.51 bits per heavy atom. The van der Waals surface area contributed by atoms with Crippen LogP contribution < -0.4 is 27.9 Å². The lowest BCUT2D eigenvalue weighted by atomic mass is 10.1. The van der Waals surface area contributed by atoms with Crippen molar-refractivity contribution < 1.29 is 19.2 Å². The fraction of sp³-hybridized carbons (Fsp3) is 0.714. The van der Waals surface area contributed by atoms with Crippen LogP contribution in [-0.4, -0.2) is 71.9 Å². The van der Waals surface area contributed by atoms with Crippen molar-refractivity contribution in [2.75, 3.05) is 13.1 Å². The maximum atomic E-state index is 13.3. The molecule has 0 aromatic rings. The van der Waals surface area contributed by atoms with E-state index in [2.05, 4.69) is 26.0 Å². The van der Waals surface area contributed by atoms with Gasteiger partial charge in [0.05, 0.1) is 6.04 Å². The minimum absolute atomic E-state index is 0.0522. The lowest BCUT2D eigenvalue weighted by Crippen LogP contribution is -2.55. The van der Waals surface area contributed by atoms with Crippen molar-refractivity contribution in [3.8, 4) is 0 Å². The molecule has 1 aliphatic heterocycles. The Morgan fingerprint density at radius 1 is 1.20 bits per heavy atom. The van der Waals surface area contributed by atoms with Crippen molar-refractivity contribution in [1.29, 1.82) is 5.41 Å². The molecule has 9 N–H and O–H groups in total. The molecule has 0 aromatic heterocycles. The van der Waals surface area contributed by atoms with E-state index in [0.29, 0.717) is 57.4 Å². The Balaban J connectivity index is 2.87. The Morgan fingerprint density at radius 2 is 1.91 bits per heavy atom. The van der Waals surface area contributed by atoms with Gasteiger partial charge in [-0.1, -0.05) is 19.1 Å². The van der Waals surface area contributed by atoms with Crippen LogP contribution in [0.4, 0.5) is 0 Å². The van der Waals surface area contributed by atoms with E-state index < -0.39 is 29.9 Å². The summed E-state index contributed by atoms with van der Waals surface area (Å²) in [5, 5.41) is 19.7. The van der Waals surface area contributed by atoms with Crippen LogP contribution in [0.15, 0.2) is 15.3 Å². The number of guanidine groups is 1. The summed E-state index contributed by atoms with van der Waals surface area (Å²) < 4.78 is 0. The topological polar surface area (TPSA) is 235 Å². The molecule has 0 bridgehead atoms. The standard InChI is InChI=1S/C21H38N10O4/c1-13(2)7-8-18(33)28-15(11-17(22)29-30-25)20(35)31-10-4-6-16(31)19(34)27-14(12-32)5-3-9-26-21(23)24/h12-16H,3-11H2,1-2H3,(H,27,34)(H,28,33)(H3,22,25,29)(H4,23,24,26)/t14-,15-,16?/m0/s1. The molecule has 14 heteroatoms. The average molecular weight is 495 g/mol. The normalized spacial score (nSPS) is 17.1. The highest BCUT2D eigenvalue weighted by atomic mass is 16.2. The fourth-order valence-corrected chi connectivity index (χ4v) is 3.67. The zero-order valence-corrected chi connectivity index (χ0v) is 20.4. The molecule has 14 nitrogen and oxygen atoms in total. The van der Waals surface area contributed by atoms with Crippen molar-refractivity contribution in [1.82, 2.24) is 15.5 Å². The van der Waals surface area contributed by atoms with Gasteiger partial charge in [-0.25, -0.2) is 0 Å². The molecule has 1 rings (SSSR count). The SMILES string of the molecule is CC(C)CCC(=O)N[C@@H](CC(=N)N=NN)C(=O)N1CCCC1C(=O)N[C@H](C=O)CCCN=C(N)N. The summed E-state index contributed by atoms with van der Waals surface area (Å²) in [6, 6.07) is -2.65. The van der Waals surface area contributed by atoms with Gasteiger partial charge in [0.2, 0.25) is 17.7 Å². The molecule has 0 radical (unpaired) electrons. The van der Waals surface area contributed by atoms with Gasteiger partial charge in [-0.15, -0.1) is 5.11 Å². The second-order valence-electron chi connectivity index (χ2n) is 8.81. The molecule has 0 aromatic carbocycles. The number of rotatable bonds is 14. The van der Waals surface area contributed by atoms with Crippen molar-refractivity contribution >= 4 is 35.8 Å². The Hall–Kier alpha value is -3.58. The first kappa shape index (κ1) is 29.5. The molecular formula is C21H38N10O4. The number of likely N-dealkylation sites (tertiary alicyclic amines) is 1. The van der Waals surface area contributed by atoms with Crippen LogP contribution in [0, 0.1) is 11.3 Å². The van der Waals surface area contributed by atoms with Crippen molar-refractivity contribution in [2.24, 2.45) is 38.6 Å². The van der Waals surface area contributed by atoms with Crippen LogP contribution in [0.25, 0.3) is 0 Å². The highest BCUT2D eigenvalue weighted by molar-refractivity contribution is 5.96. The number of nitrogens with zero attached hydrogens (tertiary/aromatic N) is 4. The molecule has 3 amide bonds. The van der Waals surface area contributed by atoms with Gasteiger partial charge in [0.25, 0.3) is 0 Å². The second-order valence-corrected chi connectivity index (χ2v) is 8.81. The smallest absolute Gasteiger partial charge is 0.246 e.